The molecule has 0 amide bonds. The maximum atomic E-state index is 12.5. The van der Waals surface area contributed by atoms with Gasteiger partial charge in [-0.15, -0.1) is 0 Å². The van der Waals surface area contributed by atoms with Gasteiger partial charge in [-0.2, -0.15) is 0 Å². The Bertz CT molecular complexity index is 623. The first kappa shape index (κ1) is 14.4. The average Bonchev–Trinajstić information content (AvgIpc) is 2.47. The van der Waals surface area contributed by atoms with E-state index in [1.54, 1.807) is 36.4 Å². The fourth-order valence-electron chi connectivity index (χ4n) is 1.90. The van der Waals surface area contributed by atoms with Crippen molar-refractivity contribution in [2.75, 3.05) is 13.7 Å². The van der Waals surface area contributed by atoms with Crippen molar-refractivity contribution in [2.45, 2.75) is 6.92 Å². The molecule has 4 heteroatoms. The van der Waals surface area contributed by atoms with Crippen molar-refractivity contribution in [1.82, 2.24) is 0 Å². The number of carbonyl (C=O) groups is 1. The van der Waals surface area contributed by atoms with Gasteiger partial charge in [0.25, 0.3) is 0 Å². The van der Waals surface area contributed by atoms with Crippen LogP contribution in [0.4, 0.5) is 0 Å². The third-order valence-electron chi connectivity index (χ3n) is 2.82. The van der Waals surface area contributed by atoms with Gasteiger partial charge in [-0.25, -0.2) is 0 Å². The molecule has 0 aliphatic carbocycles. The van der Waals surface area contributed by atoms with E-state index in [9.17, 15) is 4.79 Å². The lowest BCUT2D eigenvalue weighted by Gasteiger charge is -2.09. The molecule has 3 nitrogen and oxygen atoms in total. The van der Waals surface area contributed by atoms with E-state index in [1.807, 2.05) is 13.0 Å². The van der Waals surface area contributed by atoms with Gasteiger partial charge in [0, 0.05) is 10.6 Å². The minimum atomic E-state index is -0.125. The van der Waals surface area contributed by atoms with Crippen LogP contribution in [0.2, 0.25) is 5.02 Å². The third-order valence-corrected chi connectivity index (χ3v) is 3.05. The molecule has 0 bridgehead atoms. The van der Waals surface area contributed by atoms with Gasteiger partial charge in [-0.05, 0) is 37.3 Å². The van der Waals surface area contributed by atoms with Gasteiger partial charge in [0.05, 0.1) is 19.3 Å². The Balaban J connectivity index is 2.38. The largest absolute Gasteiger partial charge is 0.496 e. The molecule has 0 fully saturated rings. The standard InChI is InChI=1S/C16H15ClO3/c1-3-20-13-6-4-5-11(9-13)16(18)14-8-7-12(17)10-15(14)19-2/h4-10H,3H2,1-2H3. The van der Waals surface area contributed by atoms with Crippen LogP contribution < -0.4 is 9.47 Å². The summed E-state index contributed by atoms with van der Waals surface area (Å²) in [4.78, 5) is 12.5. The number of methoxy groups -OCH3 is 1. The first-order valence-electron chi connectivity index (χ1n) is 6.26. The number of ketones is 1. The molecule has 0 N–H and O–H groups in total. The average molecular weight is 291 g/mol. The second-order valence-electron chi connectivity index (χ2n) is 4.13. The number of halogens is 1. The van der Waals surface area contributed by atoms with Crippen molar-refractivity contribution < 1.29 is 14.3 Å². The zero-order valence-corrected chi connectivity index (χ0v) is 12.1. The number of hydrogen-bond acceptors (Lipinski definition) is 3. The first-order valence-corrected chi connectivity index (χ1v) is 6.64. The van der Waals surface area contributed by atoms with Crippen LogP contribution in [0.15, 0.2) is 42.5 Å². The van der Waals surface area contributed by atoms with E-state index in [4.69, 9.17) is 21.1 Å². The summed E-state index contributed by atoms with van der Waals surface area (Å²) in [5, 5.41) is 0.529. The lowest BCUT2D eigenvalue weighted by Crippen LogP contribution is -2.04. The first-order chi connectivity index (χ1) is 9.65. The highest BCUT2D eigenvalue weighted by molar-refractivity contribution is 6.31. The van der Waals surface area contributed by atoms with Gasteiger partial charge in [0.2, 0.25) is 0 Å². The Hall–Kier alpha value is -2.00. The quantitative estimate of drug-likeness (QED) is 0.781. The number of rotatable bonds is 5. The second-order valence-corrected chi connectivity index (χ2v) is 4.57. The highest BCUT2D eigenvalue weighted by Gasteiger charge is 2.15. The van der Waals surface area contributed by atoms with Crippen LogP contribution in [0.25, 0.3) is 0 Å². The van der Waals surface area contributed by atoms with Crippen LogP contribution in [-0.4, -0.2) is 19.5 Å². The normalized spacial score (nSPS) is 10.2. The summed E-state index contributed by atoms with van der Waals surface area (Å²) in [6.45, 7) is 2.46. The Kier molecular flexibility index (Phi) is 4.64. The minimum absolute atomic E-state index is 0.125. The number of ether oxygens (including phenoxy) is 2. The van der Waals surface area contributed by atoms with Gasteiger partial charge in [0.15, 0.2) is 5.78 Å². The number of benzene rings is 2. The zero-order valence-electron chi connectivity index (χ0n) is 11.4. The van der Waals surface area contributed by atoms with E-state index in [1.165, 1.54) is 7.11 Å². The van der Waals surface area contributed by atoms with E-state index in [0.29, 0.717) is 34.3 Å². The van der Waals surface area contributed by atoms with E-state index in [-0.39, 0.29) is 5.78 Å². The molecular formula is C16H15ClO3. The van der Waals surface area contributed by atoms with Crippen molar-refractivity contribution in [2.24, 2.45) is 0 Å². The molecule has 0 atom stereocenters. The molecule has 0 aliphatic rings. The van der Waals surface area contributed by atoms with Crippen molar-refractivity contribution in [3.8, 4) is 11.5 Å². The molecule has 20 heavy (non-hydrogen) atoms. The summed E-state index contributed by atoms with van der Waals surface area (Å²) in [6, 6.07) is 12.0. The molecule has 2 aromatic rings. The molecule has 0 aromatic heterocycles. The lowest BCUT2D eigenvalue weighted by molar-refractivity contribution is 0.103. The van der Waals surface area contributed by atoms with Crippen LogP contribution in [0.5, 0.6) is 11.5 Å². The molecule has 0 saturated carbocycles. The summed E-state index contributed by atoms with van der Waals surface area (Å²) in [7, 11) is 1.51. The van der Waals surface area contributed by atoms with Crippen molar-refractivity contribution >= 4 is 17.4 Å². The Morgan fingerprint density at radius 3 is 2.70 bits per heavy atom. The monoisotopic (exact) mass is 290 g/mol. The Morgan fingerprint density at radius 1 is 1.20 bits per heavy atom. The van der Waals surface area contributed by atoms with Crippen molar-refractivity contribution in [3.05, 3.63) is 58.6 Å². The van der Waals surface area contributed by atoms with Crippen LogP contribution in [-0.2, 0) is 0 Å². The van der Waals surface area contributed by atoms with Crippen LogP contribution in [0, 0.1) is 0 Å². The van der Waals surface area contributed by atoms with Gasteiger partial charge in [-0.3, -0.25) is 4.79 Å². The van der Waals surface area contributed by atoms with Crippen LogP contribution in [0.3, 0.4) is 0 Å². The van der Waals surface area contributed by atoms with Crippen molar-refractivity contribution in [3.63, 3.8) is 0 Å². The van der Waals surface area contributed by atoms with Gasteiger partial charge < -0.3 is 9.47 Å². The SMILES string of the molecule is CCOc1cccc(C(=O)c2ccc(Cl)cc2OC)c1. The van der Waals surface area contributed by atoms with Crippen LogP contribution in [0.1, 0.15) is 22.8 Å². The fourth-order valence-corrected chi connectivity index (χ4v) is 2.06. The number of carbonyl (C=O) groups excluding carboxylic acids is 1. The highest BCUT2D eigenvalue weighted by Crippen LogP contribution is 2.26. The topological polar surface area (TPSA) is 35.5 Å². The fraction of sp³-hybridized carbons (Fsp3) is 0.188. The van der Waals surface area contributed by atoms with Gasteiger partial charge in [0.1, 0.15) is 11.5 Å². The summed E-state index contributed by atoms with van der Waals surface area (Å²) in [5.41, 5.74) is 1.03. The highest BCUT2D eigenvalue weighted by atomic mass is 35.5. The summed E-state index contributed by atoms with van der Waals surface area (Å²) in [5.74, 6) is 1.01. The molecule has 0 saturated heterocycles. The Labute approximate surface area is 123 Å². The maximum absolute atomic E-state index is 12.5. The molecule has 0 heterocycles. The molecule has 2 aromatic carbocycles. The molecule has 0 radical (unpaired) electrons. The summed E-state index contributed by atoms with van der Waals surface area (Å²) >= 11 is 5.90. The molecule has 0 aliphatic heterocycles. The van der Waals surface area contributed by atoms with E-state index >= 15 is 0 Å². The van der Waals surface area contributed by atoms with Crippen LogP contribution >= 0.6 is 11.6 Å². The molecular weight excluding hydrogens is 276 g/mol. The molecule has 0 spiro atoms. The van der Waals surface area contributed by atoms with Gasteiger partial charge >= 0.3 is 0 Å². The number of hydrogen-bond donors (Lipinski definition) is 0. The lowest BCUT2D eigenvalue weighted by atomic mass is 10.0. The predicted octanol–water partition coefficient (Wildman–Crippen LogP) is 3.98. The van der Waals surface area contributed by atoms with E-state index < -0.39 is 0 Å². The third kappa shape index (κ3) is 3.11. The second kappa shape index (κ2) is 6.44. The predicted molar refractivity (Wildman–Crippen MR) is 79.0 cm³/mol. The van der Waals surface area contributed by atoms with Crippen molar-refractivity contribution in [1.29, 1.82) is 0 Å². The minimum Gasteiger partial charge on any atom is -0.496 e. The Morgan fingerprint density at radius 2 is 2.00 bits per heavy atom. The molecule has 2 rings (SSSR count). The summed E-state index contributed by atoms with van der Waals surface area (Å²) < 4.78 is 10.6. The summed E-state index contributed by atoms with van der Waals surface area (Å²) in [6.07, 6.45) is 0. The van der Waals surface area contributed by atoms with E-state index in [0.717, 1.165) is 0 Å². The molecule has 0 unspecified atom stereocenters. The zero-order chi connectivity index (χ0) is 14.5. The maximum Gasteiger partial charge on any atom is 0.196 e. The molecule has 104 valence electrons. The smallest absolute Gasteiger partial charge is 0.196 e. The van der Waals surface area contributed by atoms with Gasteiger partial charge in [-0.1, -0.05) is 23.7 Å². The van der Waals surface area contributed by atoms with E-state index in [2.05, 4.69) is 0 Å².